The van der Waals surface area contributed by atoms with Crippen LogP contribution in [0.4, 0.5) is 14.9 Å². The first-order valence-electron chi connectivity index (χ1n) is 3.74. The van der Waals surface area contributed by atoms with E-state index >= 15 is 0 Å². The molecule has 0 aliphatic heterocycles. The lowest BCUT2D eigenvalue weighted by Gasteiger charge is -2.00. The molecule has 1 aromatic carbocycles. The van der Waals surface area contributed by atoms with Crippen molar-refractivity contribution in [1.82, 2.24) is 0 Å². The second-order valence-electron chi connectivity index (χ2n) is 2.47. The van der Waals surface area contributed by atoms with E-state index in [4.69, 9.17) is 11.5 Å². The highest BCUT2D eigenvalue weighted by Gasteiger charge is 1.99. The predicted molar refractivity (Wildman–Crippen MR) is 51.2 cm³/mol. The summed E-state index contributed by atoms with van der Waals surface area (Å²) in [5.41, 5.74) is 10.4. The van der Waals surface area contributed by atoms with Crippen molar-refractivity contribution in [3.63, 3.8) is 0 Å². The van der Waals surface area contributed by atoms with Gasteiger partial charge in [0.05, 0.1) is 0 Å². The largest absolute Gasteiger partial charge is 0.370 e. The fraction of sp³-hybridized carbons (Fsp3) is 0. The van der Waals surface area contributed by atoms with Gasteiger partial charge in [-0.25, -0.2) is 9.18 Å². The highest BCUT2D eigenvalue weighted by Crippen LogP contribution is 2.08. The van der Waals surface area contributed by atoms with Crippen molar-refractivity contribution >= 4 is 17.7 Å². The molecule has 1 rings (SSSR count). The lowest BCUT2D eigenvalue weighted by molar-refractivity contribution is 0.259. The summed E-state index contributed by atoms with van der Waals surface area (Å²) in [5.74, 6) is -0.713. The van der Waals surface area contributed by atoms with E-state index in [-0.39, 0.29) is 11.8 Å². The van der Waals surface area contributed by atoms with Crippen LogP contribution in [0, 0.1) is 5.82 Å². The molecule has 1 aromatic rings. The van der Waals surface area contributed by atoms with E-state index in [2.05, 4.69) is 10.3 Å². The summed E-state index contributed by atoms with van der Waals surface area (Å²) < 4.78 is 12.5. The fourth-order valence-corrected chi connectivity index (χ4v) is 0.802. The van der Waals surface area contributed by atoms with Crippen LogP contribution in [0.5, 0.6) is 0 Å². The summed E-state index contributed by atoms with van der Waals surface area (Å²) in [6.07, 6.45) is 0. The molecule has 0 atom stereocenters. The zero-order chi connectivity index (χ0) is 10.6. The molecule has 2 amide bonds. The number of benzene rings is 1. The number of halogens is 1. The van der Waals surface area contributed by atoms with Crippen LogP contribution in [0.3, 0.4) is 0 Å². The molecule has 0 saturated carbocycles. The number of hydrogen-bond acceptors (Lipinski definition) is 1. The van der Waals surface area contributed by atoms with Gasteiger partial charge in [-0.1, -0.05) is 0 Å². The summed E-state index contributed by atoms with van der Waals surface area (Å²) in [4.78, 5) is 14.2. The third kappa shape index (κ3) is 3.10. The number of rotatable bonds is 1. The van der Waals surface area contributed by atoms with Gasteiger partial charge in [0.1, 0.15) is 5.82 Å². The lowest BCUT2D eigenvalue weighted by atomic mass is 10.3. The van der Waals surface area contributed by atoms with E-state index in [1.165, 1.54) is 24.3 Å². The van der Waals surface area contributed by atoms with Crippen molar-refractivity contribution in [2.75, 3.05) is 5.32 Å². The Balaban J connectivity index is 2.66. The van der Waals surface area contributed by atoms with Crippen molar-refractivity contribution in [3.05, 3.63) is 30.1 Å². The van der Waals surface area contributed by atoms with Gasteiger partial charge in [0, 0.05) is 5.69 Å². The van der Waals surface area contributed by atoms with E-state index in [0.29, 0.717) is 5.69 Å². The summed E-state index contributed by atoms with van der Waals surface area (Å²) >= 11 is 0. The number of hydrogen-bond donors (Lipinski definition) is 3. The maximum atomic E-state index is 12.5. The summed E-state index contributed by atoms with van der Waals surface area (Å²) in [6.45, 7) is 0. The number of guanidine groups is 1. The normalized spacial score (nSPS) is 9.21. The van der Waals surface area contributed by atoms with E-state index in [9.17, 15) is 9.18 Å². The first-order chi connectivity index (χ1) is 6.58. The SMILES string of the molecule is NC(N)=NC(=O)Nc1ccc(F)cc1. The summed E-state index contributed by atoms with van der Waals surface area (Å²) in [7, 11) is 0. The minimum Gasteiger partial charge on any atom is -0.370 e. The average Bonchev–Trinajstić information content (AvgIpc) is 2.07. The molecule has 5 N–H and O–H groups in total. The number of anilines is 1. The van der Waals surface area contributed by atoms with Gasteiger partial charge in [0.25, 0.3) is 0 Å². The van der Waals surface area contributed by atoms with Crippen molar-refractivity contribution in [2.45, 2.75) is 0 Å². The molecule has 0 aliphatic carbocycles. The predicted octanol–water partition coefficient (Wildman–Crippen LogP) is 0.631. The smallest absolute Gasteiger partial charge is 0.348 e. The van der Waals surface area contributed by atoms with Gasteiger partial charge >= 0.3 is 6.03 Å². The summed E-state index contributed by atoms with van der Waals surface area (Å²) in [6, 6.07) is 4.53. The zero-order valence-electron chi connectivity index (χ0n) is 7.20. The number of carbonyl (C=O) groups is 1. The molecular formula is C8H9FN4O. The molecule has 0 fully saturated rings. The molecule has 0 radical (unpaired) electrons. The molecule has 14 heavy (non-hydrogen) atoms. The van der Waals surface area contributed by atoms with Crippen molar-refractivity contribution in [1.29, 1.82) is 0 Å². The number of carbonyl (C=O) groups excluding carboxylic acids is 1. The van der Waals surface area contributed by atoms with Crippen LogP contribution in [0.2, 0.25) is 0 Å². The molecule has 0 bridgehead atoms. The molecule has 5 nitrogen and oxygen atoms in total. The Morgan fingerprint density at radius 1 is 1.29 bits per heavy atom. The van der Waals surface area contributed by atoms with Gasteiger partial charge in [-0.15, -0.1) is 0 Å². The number of nitrogens with two attached hydrogens (primary N) is 2. The van der Waals surface area contributed by atoms with Crippen LogP contribution in [0.25, 0.3) is 0 Å². The Kier molecular flexibility index (Phi) is 3.01. The lowest BCUT2D eigenvalue weighted by Crippen LogP contribution is -2.25. The highest BCUT2D eigenvalue weighted by molar-refractivity contribution is 5.97. The molecule has 0 aromatic heterocycles. The number of nitrogens with one attached hydrogen (secondary N) is 1. The van der Waals surface area contributed by atoms with Gasteiger partial charge in [-0.2, -0.15) is 4.99 Å². The molecule has 0 unspecified atom stereocenters. The van der Waals surface area contributed by atoms with Gasteiger partial charge < -0.3 is 16.8 Å². The minimum absolute atomic E-state index is 0.329. The van der Waals surface area contributed by atoms with E-state index in [0.717, 1.165) is 0 Å². The Hall–Kier alpha value is -2.11. The standard InChI is InChI=1S/C8H9FN4O/c9-5-1-3-6(4-2-5)12-8(14)13-7(10)11/h1-4H,(H5,10,11,12,13,14). The molecule has 6 heteroatoms. The van der Waals surface area contributed by atoms with Crippen LogP contribution in [0.15, 0.2) is 29.3 Å². The number of amides is 2. The van der Waals surface area contributed by atoms with Crippen LogP contribution in [0.1, 0.15) is 0 Å². The number of nitrogens with zero attached hydrogens (tertiary/aromatic N) is 1. The maximum absolute atomic E-state index is 12.5. The maximum Gasteiger partial charge on any atom is 0.348 e. The van der Waals surface area contributed by atoms with E-state index in [1.807, 2.05) is 0 Å². The quantitative estimate of drug-likeness (QED) is 0.454. The monoisotopic (exact) mass is 196 g/mol. The van der Waals surface area contributed by atoms with Gasteiger partial charge in [0.15, 0.2) is 5.96 Å². The first-order valence-corrected chi connectivity index (χ1v) is 3.74. The Morgan fingerprint density at radius 2 is 1.86 bits per heavy atom. The van der Waals surface area contributed by atoms with Crippen LogP contribution in [-0.2, 0) is 0 Å². The van der Waals surface area contributed by atoms with Gasteiger partial charge in [0.2, 0.25) is 0 Å². The number of urea groups is 1. The first kappa shape index (κ1) is 9.97. The van der Waals surface area contributed by atoms with Crippen molar-refractivity contribution in [2.24, 2.45) is 16.5 Å². The Labute approximate surface area is 79.6 Å². The van der Waals surface area contributed by atoms with E-state index < -0.39 is 6.03 Å². The molecule has 0 aliphatic rings. The fourth-order valence-electron chi connectivity index (χ4n) is 0.802. The number of aliphatic imine (C=N–C) groups is 1. The van der Waals surface area contributed by atoms with Crippen LogP contribution >= 0.6 is 0 Å². The Morgan fingerprint density at radius 3 is 2.36 bits per heavy atom. The van der Waals surface area contributed by atoms with Crippen molar-refractivity contribution in [3.8, 4) is 0 Å². The molecule has 0 saturated heterocycles. The minimum atomic E-state index is -0.698. The third-order valence-electron chi connectivity index (χ3n) is 1.33. The average molecular weight is 196 g/mol. The molecular weight excluding hydrogens is 187 g/mol. The summed E-state index contributed by atoms with van der Waals surface area (Å²) in [5, 5.41) is 2.35. The van der Waals surface area contributed by atoms with Gasteiger partial charge in [-0.05, 0) is 24.3 Å². The topological polar surface area (TPSA) is 93.5 Å². The third-order valence-corrected chi connectivity index (χ3v) is 1.33. The zero-order valence-corrected chi connectivity index (χ0v) is 7.20. The van der Waals surface area contributed by atoms with Crippen molar-refractivity contribution < 1.29 is 9.18 Å². The van der Waals surface area contributed by atoms with Gasteiger partial charge in [-0.3, -0.25) is 0 Å². The Bertz CT molecular complexity index is 356. The second-order valence-corrected chi connectivity index (χ2v) is 2.47. The van der Waals surface area contributed by atoms with E-state index in [1.54, 1.807) is 0 Å². The molecule has 0 heterocycles. The second kappa shape index (κ2) is 4.22. The molecule has 74 valence electrons. The van der Waals surface area contributed by atoms with Crippen LogP contribution < -0.4 is 16.8 Å². The van der Waals surface area contributed by atoms with Crippen LogP contribution in [-0.4, -0.2) is 12.0 Å². The highest BCUT2D eigenvalue weighted by atomic mass is 19.1. The molecule has 0 spiro atoms.